The van der Waals surface area contributed by atoms with Crippen LogP contribution in [0.4, 0.5) is 11.5 Å². The van der Waals surface area contributed by atoms with E-state index in [1.54, 1.807) is 13.2 Å². The van der Waals surface area contributed by atoms with E-state index < -0.39 is 4.92 Å². The van der Waals surface area contributed by atoms with Crippen molar-refractivity contribution in [2.75, 3.05) is 38.3 Å². The lowest BCUT2D eigenvalue weighted by molar-refractivity contribution is -0.384. The molecule has 0 saturated carbocycles. The van der Waals surface area contributed by atoms with Gasteiger partial charge in [0, 0.05) is 18.7 Å². The Hall–Kier alpha value is -2.74. The van der Waals surface area contributed by atoms with Crippen molar-refractivity contribution >= 4 is 11.5 Å². The Morgan fingerprint density at radius 2 is 2.13 bits per heavy atom. The van der Waals surface area contributed by atoms with Crippen molar-refractivity contribution in [2.24, 2.45) is 0 Å². The number of rotatable bonds is 4. The Morgan fingerprint density at radius 3 is 2.83 bits per heavy atom. The monoisotopic (exact) mass is 316 g/mol. The molecule has 1 aliphatic rings. The van der Waals surface area contributed by atoms with Crippen LogP contribution in [0.2, 0.25) is 0 Å². The van der Waals surface area contributed by atoms with E-state index in [0.717, 1.165) is 5.56 Å². The molecule has 1 fully saturated rings. The van der Waals surface area contributed by atoms with Gasteiger partial charge in [-0.3, -0.25) is 10.1 Å². The van der Waals surface area contributed by atoms with Crippen molar-refractivity contribution in [3.8, 4) is 17.1 Å². The Bertz CT molecular complexity index is 716. The van der Waals surface area contributed by atoms with Crippen LogP contribution in [-0.4, -0.2) is 48.3 Å². The van der Waals surface area contributed by atoms with E-state index in [0.29, 0.717) is 43.7 Å². The van der Waals surface area contributed by atoms with Gasteiger partial charge in [-0.2, -0.15) is 0 Å². The topological polar surface area (TPSA) is 90.6 Å². The molecule has 8 heteroatoms. The molecule has 0 bridgehead atoms. The molecule has 0 atom stereocenters. The largest absolute Gasteiger partial charge is 0.497 e. The molecule has 0 amide bonds. The van der Waals surface area contributed by atoms with Gasteiger partial charge in [-0.05, 0) is 12.1 Å². The molecule has 0 radical (unpaired) electrons. The summed E-state index contributed by atoms with van der Waals surface area (Å²) in [5.74, 6) is 1.43. The molecule has 3 rings (SSSR count). The Kier molecular flexibility index (Phi) is 4.33. The minimum atomic E-state index is -0.458. The number of hydrogen-bond donors (Lipinski definition) is 0. The van der Waals surface area contributed by atoms with Gasteiger partial charge in [0.25, 0.3) is 0 Å². The summed E-state index contributed by atoms with van der Waals surface area (Å²) in [5, 5.41) is 11.3. The van der Waals surface area contributed by atoms with Gasteiger partial charge in [-0.1, -0.05) is 12.1 Å². The zero-order chi connectivity index (χ0) is 16.2. The van der Waals surface area contributed by atoms with E-state index in [2.05, 4.69) is 9.97 Å². The highest BCUT2D eigenvalue weighted by Gasteiger charge is 2.24. The first kappa shape index (κ1) is 15.2. The number of methoxy groups -OCH3 is 1. The fourth-order valence-corrected chi connectivity index (χ4v) is 2.40. The maximum atomic E-state index is 11.3. The molecule has 23 heavy (non-hydrogen) atoms. The number of anilines is 1. The Labute approximate surface area is 132 Å². The van der Waals surface area contributed by atoms with Crippen molar-refractivity contribution in [2.45, 2.75) is 0 Å². The fraction of sp³-hybridized carbons (Fsp3) is 0.333. The number of benzene rings is 1. The molecule has 1 aromatic heterocycles. The zero-order valence-corrected chi connectivity index (χ0v) is 12.6. The van der Waals surface area contributed by atoms with E-state index in [9.17, 15) is 10.1 Å². The number of nitrogens with zero attached hydrogens (tertiary/aromatic N) is 4. The smallest absolute Gasteiger partial charge is 0.329 e. The maximum absolute atomic E-state index is 11.3. The molecule has 0 spiro atoms. The number of ether oxygens (including phenoxy) is 2. The third-order valence-corrected chi connectivity index (χ3v) is 3.59. The quantitative estimate of drug-likeness (QED) is 0.628. The third-order valence-electron chi connectivity index (χ3n) is 3.59. The van der Waals surface area contributed by atoms with Crippen LogP contribution in [0.25, 0.3) is 11.4 Å². The van der Waals surface area contributed by atoms with Crippen LogP contribution in [0.15, 0.2) is 30.5 Å². The molecule has 1 saturated heterocycles. The maximum Gasteiger partial charge on any atom is 0.329 e. The first-order valence-corrected chi connectivity index (χ1v) is 7.17. The minimum Gasteiger partial charge on any atom is -0.497 e. The molecule has 1 aliphatic heterocycles. The Morgan fingerprint density at radius 1 is 1.35 bits per heavy atom. The van der Waals surface area contributed by atoms with Crippen LogP contribution in [0, 0.1) is 10.1 Å². The van der Waals surface area contributed by atoms with Crippen LogP contribution >= 0.6 is 0 Å². The lowest BCUT2D eigenvalue weighted by atomic mass is 10.2. The molecule has 2 aromatic rings. The third kappa shape index (κ3) is 3.21. The van der Waals surface area contributed by atoms with E-state index >= 15 is 0 Å². The highest BCUT2D eigenvalue weighted by molar-refractivity contribution is 5.64. The van der Waals surface area contributed by atoms with Crippen LogP contribution in [0.5, 0.6) is 5.75 Å². The van der Waals surface area contributed by atoms with Crippen LogP contribution in [0.3, 0.4) is 0 Å². The van der Waals surface area contributed by atoms with E-state index in [-0.39, 0.29) is 5.69 Å². The molecular weight excluding hydrogens is 300 g/mol. The number of aromatic nitrogens is 2. The SMILES string of the molecule is COc1cccc(-c2ncc([N+](=O)[O-])c(N3CCOCC3)n2)c1. The highest BCUT2D eigenvalue weighted by atomic mass is 16.6. The molecular formula is C15H16N4O4. The normalized spacial score (nSPS) is 14.6. The molecule has 0 aliphatic carbocycles. The van der Waals surface area contributed by atoms with Crippen molar-refractivity contribution in [3.05, 3.63) is 40.6 Å². The van der Waals surface area contributed by atoms with Crippen LogP contribution < -0.4 is 9.64 Å². The van der Waals surface area contributed by atoms with Crippen LogP contribution in [-0.2, 0) is 4.74 Å². The Balaban J connectivity index is 2.03. The number of morpholine rings is 1. The molecule has 0 unspecified atom stereocenters. The summed E-state index contributed by atoms with van der Waals surface area (Å²) in [4.78, 5) is 21.2. The van der Waals surface area contributed by atoms with Gasteiger partial charge < -0.3 is 14.4 Å². The lowest BCUT2D eigenvalue weighted by Crippen LogP contribution is -2.37. The van der Waals surface area contributed by atoms with E-state index in [4.69, 9.17) is 9.47 Å². The number of hydrogen-bond acceptors (Lipinski definition) is 7. The second-order valence-corrected chi connectivity index (χ2v) is 4.99. The van der Waals surface area contributed by atoms with Gasteiger partial charge in [-0.25, -0.2) is 9.97 Å². The van der Waals surface area contributed by atoms with Gasteiger partial charge in [0.1, 0.15) is 11.9 Å². The molecule has 2 heterocycles. The predicted octanol–water partition coefficient (Wildman–Crippen LogP) is 1.90. The van der Waals surface area contributed by atoms with Crippen molar-refractivity contribution in [3.63, 3.8) is 0 Å². The first-order valence-electron chi connectivity index (χ1n) is 7.17. The lowest BCUT2D eigenvalue weighted by Gasteiger charge is -2.27. The van der Waals surface area contributed by atoms with Gasteiger partial charge in [-0.15, -0.1) is 0 Å². The molecule has 0 N–H and O–H groups in total. The summed E-state index contributed by atoms with van der Waals surface area (Å²) >= 11 is 0. The van der Waals surface area contributed by atoms with Gasteiger partial charge >= 0.3 is 5.69 Å². The van der Waals surface area contributed by atoms with Crippen molar-refractivity contribution in [1.29, 1.82) is 0 Å². The van der Waals surface area contributed by atoms with Crippen molar-refractivity contribution in [1.82, 2.24) is 9.97 Å². The van der Waals surface area contributed by atoms with Gasteiger partial charge in [0.2, 0.25) is 5.82 Å². The summed E-state index contributed by atoms with van der Waals surface area (Å²) in [6.45, 7) is 2.18. The first-order chi connectivity index (χ1) is 11.2. The summed E-state index contributed by atoms with van der Waals surface area (Å²) in [5.41, 5.74) is 0.646. The predicted molar refractivity (Wildman–Crippen MR) is 83.7 cm³/mol. The average molecular weight is 316 g/mol. The molecule has 120 valence electrons. The van der Waals surface area contributed by atoms with Crippen molar-refractivity contribution < 1.29 is 14.4 Å². The highest BCUT2D eigenvalue weighted by Crippen LogP contribution is 2.29. The summed E-state index contributed by atoms with van der Waals surface area (Å²) in [6, 6.07) is 7.28. The fourth-order valence-electron chi connectivity index (χ4n) is 2.40. The van der Waals surface area contributed by atoms with Crippen LogP contribution in [0.1, 0.15) is 0 Å². The summed E-state index contributed by atoms with van der Waals surface area (Å²) in [7, 11) is 1.58. The molecule has 1 aromatic carbocycles. The zero-order valence-electron chi connectivity index (χ0n) is 12.6. The van der Waals surface area contributed by atoms with Gasteiger partial charge in [0.15, 0.2) is 5.82 Å². The summed E-state index contributed by atoms with van der Waals surface area (Å²) < 4.78 is 10.5. The second-order valence-electron chi connectivity index (χ2n) is 4.99. The van der Waals surface area contributed by atoms with E-state index in [1.165, 1.54) is 6.20 Å². The minimum absolute atomic E-state index is 0.0986. The van der Waals surface area contributed by atoms with Gasteiger partial charge in [0.05, 0.1) is 25.2 Å². The summed E-state index contributed by atoms with van der Waals surface area (Å²) in [6.07, 6.45) is 1.26. The molecule has 8 nitrogen and oxygen atoms in total. The van der Waals surface area contributed by atoms with E-state index in [1.807, 2.05) is 23.1 Å². The number of nitro groups is 1. The average Bonchev–Trinajstić information content (AvgIpc) is 2.62. The standard InChI is InChI=1S/C15H16N4O4/c1-22-12-4-2-3-11(9-12)14-16-10-13(19(20)21)15(17-14)18-5-7-23-8-6-18/h2-4,9-10H,5-8H2,1H3. The second kappa shape index (κ2) is 6.57.